The lowest BCUT2D eigenvalue weighted by molar-refractivity contribution is 0.608. The van der Waals surface area contributed by atoms with Crippen LogP contribution in [0.2, 0.25) is 0 Å². The molecule has 0 aromatic heterocycles. The fraction of sp³-hybridized carbons (Fsp3) is 0.333. The molecular formula is C24H29N. The van der Waals surface area contributed by atoms with Gasteiger partial charge in [-0.2, -0.15) is 0 Å². The molecule has 0 fully saturated rings. The van der Waals surface area contributed by atoms with Gasteiger partial charge in [0.05, 0.1) is 0 Å². The van der Waals surface area contributed by atoms with Crippen molar-refractivity contribution in [2.24, 2.45) is 0 Å². The quantitative estimate of drug-likeness (QED) is 0.400. The molecule has 0 saturated heterocycles. The predicted octanol–water partition coefficient (Wildman–Crippen LogP) is 7.49. The number of nitrogens with one attached hydrogen (secondary N) is 1. The fourth-order valence-electron chi connectivity index (χ4n) is 3.46. The summed E-state index contributed by atoms with van der Waals surface area (Å²) in [4.78, 5) is 0. The van der Waals surface area contributed by atoms with Crippen molar-refractivity contribution < 1.29 is 0 Å². The van der Waals surface area contributed by atoms with Crippen molar-refractivity contribution in [3.63, 3.8) is 0 Å². The summed E-state index contributed by atoms with van der Waals surface area (Å²) in [7, 11) is 0. The predicted molar refractivity (Wildman–Crippen MR) is 111 cm³/mol. The molecule has 1 heteroatoms. The van der Waals surface area contributed by atoms with Crippen LogP contribution in [0, 0.1) is 0 Å². The first-order valence-corrected chi connectivity index (χ1v) is 9.71. The third kappa shape index (κ3) is 4.85. The summed E-state index contributed by atoms with van der Waals surface area (Å²) in [5.41, 5.74) is 3.80. The van der Waals surface area contributed by atoms with E-state index in [2.05, 4.69) is 72.9 Å². The van der Waals surface area contributed by atoms with E-state index in [9.17, 15) is 0 Å². The highest BCUT2D eigenvalue weighted by atomic mass is 14.9. The van der Waals surface area contributed by atoms with E-state index in [-0.39, 0.29) is 0 Å². The lowest BCUT2D eigenvalue weighted by Gasteiger charge is -2.13. The molecule has 130 valence electrons. The Hall–Kier alpha value is -2.28. The molecule has 0 aliphatic rings. The van der Waals surface area contributed by atoms with E-state index in [1.54, 1.807) is 0 Å². The lowest BCUT2D eigenvalue weighted by Crippen LogP contribution is -1.94. The van der Waals surface area contributed by atoms with Crippen LogP contribution in [0.15, 0.2) is 66.7 Å². The summed E-state index contributed by atoms with van der Waals surface area (Å²) in [6.07, 6.45) is 9.27. The molecule has 0 heterocycles. The molecule has 3 aromatic carbocycles. The highest BCUT2D eigenvalue weighted by Crippen LogP contribution is 2.30. The number of unbranched alkanes of at least 4 members (excludes halogenated alkanes) is 5. The monoisotopic (exact) mass is 331 g/mol. The number of aryl methyl sites for hydroxylation is 1. The summed E-state index contributed by atoms with van der Waals surface area (Å²) >= 11 is 0. The van der Waals surface area contributed by atoms with Gasteiger partial charge in [0.2, 0.25) is 0 Å². The molecule has 3 aromatic rings. The Balaban J connectivity index is 1.72. The molecule has 0 aliphatic carbocycles. The van der Waals surface area contributed by atoms with Crippen molar-refractivity contribution in [2.45, 2.75) is 51.9 Å². The smallest absolute Gasteiger partial charge is 0.0464 e. The maximum atomic E-state index is 3.56. The van der Waals surface area contributed by atoms with E-state index < -0.39 is 0 Å². The van der Waals surface area contributed by atoms with Crippen molar-refractivity contribution in [3.05, 3.63) is 72.3 Å². The molecule has 0 amide bonds. The van der Waals surface area contributed by atoms with Gasteiger partial charge in [-0.05, 0) is 42.0 Å². The second kappa shape index (κ2) is 9.27. The second-order valence-electron chi connectivity index (χ2n) is 6.83. The van der Waals surface area contributed by atoms with Gasteiger partial charge < -0.3 is 5.32 Å². The summed E-state index contributed by atoms with van der Waals surface area (Å²) in [5, 5.41) is 6.27. The van der Waals surface area contributed by atoms with Crippen LogP contribution in [0.25, 0.3) is 10.8 Å². The number of para-hydroxylation sites is 1. The zero-order valence-electron chi connectivity index (χ0n) is 15.3. The van der Waals surface area contributed by atoms with Gasteiger partial charge in [-0.1, -0.05) is 87.6 Å². The minimum atomic E-state index is 1.14. The molecule has 1 nitrogen and oxygen atoms in total. The Labute approximate surface area is 152 Å². The van der Waals surface area contributed by atoms with Gasteiger partial charge >= 0.3 is 0 Å². The first-order valence-electron chi connectivity index (χ1n) is 9.71. The average Bonchev–Trinajstić information content (AvgIpc) is 2.67. The van der Waals surface area contributed by atoms with Crippen LogP contribution in [0.1, 0.15) is 51.0 Å². The van der Waals surface area contributed by atoms with Crippen LogP contribution >= 0.6 is 0 Å². The fourth-order valence-corrected chi connectivity index (χ4v) is 3.46. The molecule has 0 bridgehead atoms. The minimum Gasteiger partial charge on any atom is -0.355 e. The van der Waals surface area contributed by atoms with E-state index in [4.69, 9.17) is 0 Å². The number of hydrogen-bond acceptors (Lipinski definition) is 1. The molecule has 0 atom stereocenters. The maximum Gasteiger partial charge on any atom is 0.0464 e. The van der Waals surface area contributed by atoms with Crippen LogP contribution in [-0.4, -0.2) is 0 Å². The van der Waals surface area contributed by atoms with Crippen molar-refractivity contribution in [3.8, 4) is 0 Å². The molecule has 3 rings (SSSR count). The number of hydrogen-bond donors (Lipinski definition) is 1. The van der Waals surface area contributed by atoms with E-state index in [0.29, 0.717) is 0 Å². The Morgan fingerprint density at radius 2 is 1.32 bits per heavy atom. The highest BCUT2D eigenvalue weighted by Gasteiger charge is 2.06. The van der Waals surface area contributed by atoms with Gasteiger partial charge in [0.15, 0.2) is 0 Å². The Bertz CT molecular complexity index is 776. The summed E-state index contributed by atoms with van der Waals surface area (Å²) in [6.45, 7) is 2.27. The summed E-state index contributed by atoms with van der Waals surface area (Å²) in [6, 6.07) is 23.7. The number of benzene rings is 3. The second-order valence-corrected chi connectivity index (χ2v) is 6.83. The summed E-state index contributed by atoms with van der Waals surface area (Å²) in [5.74, 6) is 0. The van der Waals surface area contributed by atoms with E-state index in [1.807, 2.05) is 6.07 Å². The molecule has 0 unspecified atom stereocenters. The van der Waals surface area contributed by atoms with E-state index in [0.717, 1.165) is 5.69 Å². The lowest BCUT2D eigenvalue weighted by atomic mass is 9.98. The van der Waals surface area contributed by atoms with E-state index >= 15 is 0 Å². The normalized spacial score (nSPS) is 10.9. The average molecular weight is 332 g/mol. The first kappa shape index (κ1) is 17.5. The molecular weight excluding hydrogens is 302 g/mol. The van der Waals surface area contributed by atoms with Crippen LogP contribution in [-0.2, 0) is 6.42 Å². The molecule has 25 heavy (non-hydrogen) atoms. The van der Waals surface area contributed by atoms with Crippen molar-refractivity contribution in [2.75, 3.05) is 5.32 Å². The SMILES string of the molecule is CCCCCCCCc1ccc(Nc2ccccc2)c2ccccc12. The van der Waals surface area contributed by atoms with Crippen molar-refractivity contribution in [1.82, 2.24) is 0 Å². The zero-order chi connectivity index (χ0) is 17.3. The number of anilines is 2. The molecule has 0 spiro atoms. The van der Waals surface area contributed by atoms with Crippen LogP contribution in [0.3, 0.4) is 0 Å². The topological polar surface area (TPSA) is 12.0 Å². The van der Waals surface area contributed by atoms with Gasteiger partial charge in [-0.25, -0.2) is 0 Å². The standard InChI is InChI=1S/C24H29N/c1-2-3-4-5-6-8-13-20-18-19-24(23-17-12-11-16-22(20)23)25-21-14-9-7-10-15-21/h7,9-12,14-19,25H,2-6,8,13H2,1H3. The number of rotatable bonds is 9. The Morgan fingerprint density at radius 3 is 2.12 bits per heavy atom. The van der Waals surface area contributed by atoms with Gasteiger partial charge in [-0.3, -0.25) is 0 Å². The van der Waals surface area contributed by atoms with Crippen molar-refractivity contribution >= 4 is 22.1 Å². The third-order valence-corrected chi connectivity index (χ3v) is 4.87. The first-order chi connectivity index (χ1) is 12.4. The summed E-state index contributed by atoms with van der Waals surface area (Å²) < 4.78 is 0. The Kier molecular flexibility index (Phi) is 6.50. The number of fused-ring (bicyclic) bond motifs is 1. The largest absolute Gasteiger partial charge is 0.355 e. The van der Waals surface area contributed by atoms with Crippen molar-refractivity contribution in [1.29, 1.82) is 0 Å². The van der Waals surface area contributed by atoms with Crippen LogP contribution < -0.4 is 5.32 Å². The molecule has 0 saturated carbocycles. The van der Waals surface area contributed by atoms with Gasteiger partial charge in [0.25, 0.3) is 0 Å². The van der Waals surface area contributed by atoms with Crippen LogP contribution in [0.4, 0.5) is 11.4 Å². The Morgan fingerprint density at radius 1 is 0.640 bits per heavy atom. The van der Waals surface area contributed by atoms with Gasteiger partial charge in [0, 0.05) is 16.8 Å². The van der Waals surface area contributed by atoms with E-state index in [1.165, 1.54) is 67.0 Å². The minimum absolute atomic E-state index is 1.14. The third-order valence-electron chi connectivity index (χ3n) is 4.87. The molecule has 1 N–H and O–H groups in total. The highest BCUT2D eigenvalue weighted by molar-refractivity contribution is 5.97. The molecule has 0 radical (unpaired) electrons. The van der Waals surface area contributed by atoms with Gasteiger partial charge in [-0.15, -0.1) is 0 Å². The zero-order valence-corrected chi connectivity index (χ0v) is 15.3. The van der Waals surface area contributed by atoms with Gasteiger partial charge in [0.1, 0.15) is 0 Å². The molecule has 0 aliphatic heterocycles. The maximum absolute atomic E-state index is 3.56. The van der Waals surface area contributed by atoms with Crippen LogP contribution in [0.5, 0.6) is 0 Å².